The van der Waals surface area contributed by atoms with Crippen LogP contribution in [0.15, 0.2) is 206 Å². The summed E-state index contributed by atoms with van der Waals surface area (Å²) in [6, 6.07) is 64.7. The lowest BCUT2D eigenvalue weighted by Gasteiger charge is -2.25. The number of benzene rings is 9. The van der Waals surface area contributed by atoms with Crippen LogP contribution in [0, 0.1) is 0 Å². The monoisotopic (exact) mass is 1910 g/mol. The maximum Gasteiger partial charge on any atom is 0.408 e. The van der Waals surface area contributed by atoms with E-state index >= 15 is 0 Å². The summed E-state index contributed by atoms with van der Waals surface area (Å²) in [5.74, 6) is 6.04. The van der Waals surface area contributed by atoms with Crippen molar-refractivity contribution in [2.75, 3.05) is 33.5 Å². The molecule has 139 heavy (non-hydrogen) atoms. The lowest BCUT2D eigenvalue weighted by Crippen LogP contribution is -2.53. The molecule has 2 atom stereocenters. The maximum absolute atomic E-state index is 14.3. The van der Waals surface area contributed by atoms with E-state index in [1.165, 1.54) is 238 Å². The number of nitrogens with one attached hydrogen (secondary N) is 2. The van der Waals surface area contributed by atoms with Gasteiger partial charge in [0.15, 0.2) is 23.0 Å². The van der Waals surface area contributed by atoms with Crippen molar-refractivity contribution in [2.24, 2.45) is 0 Å². The van der Waals surface area contributed by atoms with Crippen LogP contribution in [0.5, 0.6) is 63.2 Å². The molecule has 0 aliphatic carbocycles. The SMILES string of the molecule is CCCCCCCCCCCCOc1ccc(COc2ccc(COc3cc(COc4ccc(CC(NC(=O)OC(C)(C)C)C(=O)NC(Cc5ccccc5)C(=O)OC)cc4)cc(OCc4ccc(OCc5ccc(OCCCCCCCCCCCC)cc5)c(OCc5ccc(OCCCCCCCCCCCC)cc5)c4)c3)cc2OCc2ccc(OCCCCCCCCCCCC)cc2)cc1. The zero-order valence-electron chi connectivity index (χ0n) is 85.8. The Morgan fingerprint density at radius 2 is 0.511 bits per heavy atom. The molecule has 0 aromatic heterocycles. The van der Waals surface area contributed by atoms with Gasteiger partial charge in [-0.3, -0.25) is 4.79 Å². The third-order valence-corrected chi connectivity index (χ3v) is 25.0. The van der Waals surface area contributed by atoms with Crippen LogP contribution in [0.1, 0.15) is 355 Å². The summed E-state index contributed by atoms with van der Waals surface area (Å²) in [6.45, 7) is 18.7. The number of esters is 1. The van der Waals surface area contributed by atoms with Crippen molar-refractivity contribution in [3.05, 3.63) is 256 Å². The Labute approximate surface area is 834 Å². The van der Waals surface area contributed by atoms with Crippen molar-refractivity contribution in [1.29, 1.82) is 0 Å². The molecule has 0 saturated heterocycles. The molecule has 2 N–H and O–H groups in total. The molecule has 0 saturated carbocycles. The van der Waals surface area contributed by atoms with E-state index < -0.39 is 35.7 Å². The first kappa shape index (κ1) is 112. The van der Waals surface area contributed by atoms with Crippen molar-refractivity contribution in [3.63, 3.8) is 0 Å². The third-order valence-electron chi connectivity index (χ3n) is 25.0. The summed E-state index contributed by atoms with van der Waals surface area (Å²) >= 11 is 0. The fourth-order valence-corrected chi connectivity index (χ4v) is 16.7. The maximum atomic E-state index is 14.3. The van der Waals surface area contributed by atoms with E-state index in [9.17, 15) is 14.4 Å². The molecule has 0 aliphatic rings. The molecule has 758 valence electrons. The highest BCUT2D eigenvalue weighted by molar-refractivity contribution is 5.90. The van der Waals surface area contributed by atoms with Gasteiger partial charge in [0.05, 0.1) is 33.5 Å². The first-order valence-corrected chi connectivity index (χ1v) is 53.3. The second-order valence-electron chi connectivity index (χ2n) is 38.4. The van der Waals surface area contributed by atoms with Crippen LogP contribution >= 0.6 is 0 Å². The van der Waals surface area contributed by atoms with Gasteiger partial charge in [-0.15, -0.1) is 0 Å². The molecular formula is C121H168N2O16. The Kier molecular flexibility index (Phi) is 54.7. The van der Waals surface area contributed by atoms with Crippen LogP contribution in [0.25, 0.3) is 0 Å². The highest BCUT2D eigenvalue weighted by Gasteiger charge is 2.30. The normalized spacial score (nSPS) is 11.7. The Bertz CT molecular complexity index is 4530. The fraction of sp³-hybridized carbons (Fsp3) is 0.529. The topological polar surface area (TPSA) is 195 Å². The van der Waals surface area contributed by atoms with E-state index in [0.717, 1.165) is 93.2 Å². The second-order valence-corrected chi connectivity index (χ2v) is 38.4. The zero-order chi connectivity index (χ0) is 98.1. The van der Waals surface area contributed by atoms with Gasteiger partial charge < -0.3 is 72.2 Å². The number of alkyl carbamates (subject to hydrolysis) is 1. The fourth-order valence-electron chi connectivity index (χ4n) is 16.7. The zero-order valence-corrected chi connectivity index (χ0v) is 85.8. The Balaban J connectivity index is 0.930. The first-order chi connectivity index (χ1) is 68.1. The number of hydrogen-bond acceptors (Lipinski definition) is 16. The van der Waals surface area contributed by atoms with Gasteiger partial charge in [0.25, 0.3) is 0 Å². The first-order valence-electron chi connectivity index (χ1n) is 53.3. The molecule has 9 aromatic carbocycles. The summed E-state index contributed by atoms with van der Waals surface area (Å²) < 4.78 is 82.6. The Morgan fingerprint density at radius 3 is 0.835 bits per heavy atom. The van der Waals surface area contributed by atoms with Crippen LogP contribution in [0.2, 0.25) is 0 Å². The van der Waals surface area contributed by atoms with Crippen LogP contribution in [-0.4, -0.2) is 69.2 Å². The summed E-state index contributed by atoms with van der Waals surface area (Å²) in [5, 5.41) is 5.60. The van der Waals surface area contributed by atoms with Gasteiger partial charge in [-0.25, -0.2) is 9.59 Å². The van der Waals surface area contributed by atoms with E-state index in [-0.39, 0.29) is 45.9 Å². The molecule has 0 radical (unpaired) electrons. The lowest BCUT2D eigenvalue weighted by atomic mass is 10.0. The van der Waals surface area contributed by atoms with Gasteiger partial charge in [0.2, 0.25) is 5.91 Å². The standard InChI is InChI=1S/C121H168N2O16/c1-9-13-17-21-25-29-33-37-41-48-78-128-105-68-56-98(57-69-105)89-135-114-76-64-102(86-116(114)137-91-100-60-72-107(73-61-100)130-80-50-43-39-35-31-27-23-19-15-11-3)93-133-110-82-104(95-132-109-66-54-97(55-67-109)84-112(123-120(126)139-121(5,6)7)118(124)122-113(119(125)127-8)85-96-52-46-45-47-53-96)83-111(88-110)134-94-103-65-77-115(136-90-99-58-70-106(71-59-99)129-79-49-42-38-34-30-26-22-18-14-10-2)117(87-103)138-92-101-62-74-108(75-63-101)131-81-51-44-40-36-32-28-24-20-16-12-4/h45-47,52-77,82-83,86-88,112-113H,9-44,48-51,78-81,84-85,89-95H2,1-8H3,(H,122,124)(H,123,126). The minimum absolute atomic E-state index is 0.0537. The smallest absolute Gasteiger partial charge is 0.408 e. The Hall–Kier alpha value is -11.0. The number of hydrogen-bond donors (Lipinski definition) is 2. The summed E-state index contributed by atoms with van der Waals surface area (Å²) in [6.07, 6.45) is 50.4. The van der Waals surface area contributed by atoms with Gasteiger partial charge in [-0.1, -0.05) is 362 Å². The molecule has 0 aliphatic heterocycles. The largest absolute Gasteiger partial charge is 0.494 e. The van der Waals surface area contributed by atoms with Crippen LogP contribution < -0.4 is 62.7 Å². The van der Waals surface area contributed by atoms with Gasteiger partial charge in [0, 0.05) is 18.9 Å². The average molecular weight is 1910 g/mol. The van der Waals surface area contributed by atoms with Crippen molar-refractivity contribution >= 4 is 18.0 Å². The van der Waals surface area contributed by atoms with E-state index in [4.69, 9.17) is 61.6 Å². The molecule has 2 unspecified atom stereocenters. The third kappa shape index (κ3) is 48.1. The average Bonchev–Trinajstić information content (AvgIpc) is 0.790. The summed E-state index contributed by atoms with van der Waals surface area (Å²) in [4.78, 5) is 40.9. The second kappa shape index (κ2) is 68.1. The van der Waals surface area contributed by atoms with Gasteiger partial charge in [-0.05, 0) is 194 Å². The van der Waals surface area contributed by atoms with E-state index in [2.05, 4.69) is 86.9 Å². The van der Waals surface area contributed by atoms with Crippen molar-refractivity contribution in [3.8, 4) is 63.2 Å². The molecule has 0 fully saturated rings. The highest BCUT2D eigenvalue weighted by atomic mass is 16.6. The number of amides is 2. The molecule has 0 bridgehead atoms. The number of ether oxygens (including phenoxy) is 13. The number of unbranched alkanes of at least 4 members (excludes halogenated alkanes) is 36. The molecular weight excluding hydrogens is 1740 g/mol. The predicted octanol–water partition coefficient (Wildman–Crippen LogP) is 31.3. The Morgan fingerprint density at radius 1 is 0.245 bits per heavy atom. The van der Waals surface area contributed by atoms with Gasteiger partial charge in [-0.2, -0.15) is 0 Å². The number of carbonyl (C=O) groups excluding carboxylic acids is 3. The van der Waals surface area contributed by atoms with Crippen molar-refractivity contribution in [2.45, 2.75) is 382 Å². The molecule has 9 aromatic rings. The highest BCUT2D eigenvalue weighted by Crippen LogP contribution is 2.36. The van der Waals surface area contributed by atoms with Crippen LogP contribution in [0.4, 0.5) is 4.79 Å². The lowest BCUT2D eigenvalue weighted by molar-refractivity contribution is -0.145. The number of methoxy groups -OCH3 is 1. The minimum atomic E-state index is -1.14. The van der Waals surface area contributed by atoms with E-state index in [1.54, 1.807) is 20.8 Å². The van der Waals surface area contributed by atoms with E-state index in [1.807, 2.05) is 158 Å². The molecule has 9 rings (SSSR count). The number of carbonyl (C=O) groups is 3. The van der Waals surface area contributed by atoms with Crippen LogP contribution in [-0.2, 0) is 78.2 Å². The molecule has 2 amide bonds. The molecule has 0 spiro atoms. The minimum Gasteiger partial charge on any atom is -0.494 e. The van der Waals surface area contributed by atoms with Gasteiger partial charge >= 0.3 is 12.1 Å². The van der Waals surface area contributed by atoms with Crippen molar-refractivity contribution in [1.82, 2.24) is 10.6 Å². The number of rotatable bonds is 77. The molecule has 18 nitrogen and oxygen atoms in total. The molecule has 18 heteroatoms. The van der Waals surface area contributed by atoms with E-state index in [0.29, 0.717) is 85.5 Å². The summed E-state index contributed by atoms with van der Waals surface area (Å²) in [7, 11) is 1.28. The molecule has 0 heterocycles. The van der Waals surface area contributed by atoms with Gasteiger partial charge in [0.1, 0.15) is 104 Å². The van der Waals surface area contributed by atoms with Crippen LogP contribution in [0.3, 0.4) is 0 Å². The quantitative estimate of drug-likeness (QED) is 0.0270. The summed E-state index contributed by atoms with van der Waals surface area (Å²) in [5.41, 5.74) is 7.04. The predicted molar refractivity (Wildman–Crippen MR) is 562 cm³/mol. The van der Waals surface area contributed by atoms with Crippen molar-refractivity contribution < 1.29 is 76.0 Å².